The summed E-state index contributed by atoms with van der Waals surface area (Å²) in [7, 11) is 0. The maximum atomic E-state index is 11.6. The van der Waals surface area contributed by atoms with E-state index in [-0.39, 0.29) is 30.0 Å². The van der Waals surface area contributed by atoms with Gasteiger partial charge in [0.25, 0.3) is 0 Å². The van der Waals surface area contributed by atoms with Gasteiger partial charge in [-0.15, -0.1) is 0 Å². The zero-order valence-corrected chi connectivity index (χ0v) is 12.6. The minimum atomic E-state index is -0.455. The van der Waals surface area contributed by atoms with E-state index in [1.807, 2.05) is 44.2 Å². The highest BCUT2D eigenvalue weighted by atomic mass is 16.6. The Bertz CT molecular complexity index is 512. The summed E-state index contributed by atoms with van der Waals surface area (Å²) in [6.45, 7) is 6.12. The number of amides is 1. The molecular weight excluding hydrogens is 270 g/mol. The lowest BCUT2D eigenvalue weighted by atomic mass is 10.1. The molecule has 21 heavy (non-hydrogen) atoms. The Morgan fingerprint density at radius 3 is 2.52 bits per heavy atom. The molecule has 1 amide bonds. The number of carbonyl (C=O) groups excluding carboxylic acids is 2. The molecular formula is C16H21NO4. The van der Waals surface area contributed by atoms with E-state index in [4.69, 9.17) is 9.47 Å². The number of hydrogen-bond donors (Lipinski definition) is 1. The highest BCUT2D eigenvalue weighted by Crippen LogP contribution is 2.53. The standard InChI is InChI=1S/C16H21NO4/c1-11(18)21-14-13(16(14,2)3)9-17-15(19)20-10-12-7-5-4-6-8-12/h4-8,13-14H,9-10H2,1-3H3,(H,17,19)/t13-,14+/m1/s1. The molecule has 0 spiro atoms. The Labute approximate surface area is 124 Å². The molecule has 0 saturated heterocycles. The molecule has 1 aliphatic rings. The fraction of sp³-hybridized carbons (Fsp3) is 0.500. The van der Waals surface area contributed by atoms with Crippen molar-refractivity contribution in [3.05, 3.63) is 35.9 Å². The zero-order valence-electron chi connectivity index (χ0n) is 12.6. The van der Waals surface area contributed by atoms with Crippen LogP contribution in [-0.4, -0.2) is 24.7 Å². The fourth-order valence-electron chi connectivity index (χ4n) is 2.44. The van der Waals surface area contributed by atoms with Gasteiger partial charge in [0.15, 0.2) is 0 Å². The van der Waals surface area contributed by atoms with E-state index in [0.717, 1.165) is 5.56 Å². The minimum Gasteiger partial charge on any atom is -0.462 e. The van der Waals surface area contributed by atoms with Crippen molar-refractivity contribution in [3.63, 3.8) is 0 Å². The van der Waals surface area contributed by atoms with Crippen molar-refractivity contribution in [1.29, 1.82) is 0 Å². The van der Waals surface area contributed by atoms with Crippen LogP contribution in [0.25, 0.3) is 0 Å². The molecule has 0 heterocycles. The second-order valence-corrected chi connectivity index (χ2v) is 5.90. The Morgan fingerprint density at radius 1 is 1.24 bits per heavy atom. The number of benzene rings is 1. The lowest BCUT2D eigenvalue weighted by molar-refractivity contribution is -0.143. The summed E-state index contributed by atoms with van der Waals surface area (Å²) in [4.78, 5) is 22.6. The van der Waals surface area contributed by atoms with Crippen molar-refractivity contribution < 1.29 is 19.1 Å². The van der Waals surface area contributed by atoms with E-state index >= 15 is 0 Å². The van der Waals surface area contributed by atoms with Gasteiger partial charge in [0.05, 0.1) is 0 Å². The summed E-state index contributed by atoms with van der Waals surface area (Å²) in [5, 5.41) is 2.72. The lowest BCUT2D eigenvalue weighted by Crippen LogP contribution is -2.27. The molecule has 1 saturated carbocycles. The summed E-state index contributed by atoms with van der Waals surface area (Å²) in [6, 6.07) is 9.50. The number of carbonyl (C=O) groups is 2. The zero-order chi connectivity index (χ0) is 15.5. The molecule has 5 heteroatoms. The molecule has 1 N–H and O–H groups in total. The third-order valence-electron chi connectivity index (χ3n) is 3.92. The van der Waals surface area contributed by atoms with Gasteiger partial charge in [-0.2, -0.15) is 0 Å². The Balaban J connectivity index is 1.71. The van der Waals surface area contributed by atoms with Crippen LogP contribution in [0, 0.1) is 11.3 Å². The normalized spacial score (nSPS) is 22.2. The van der Waals surface area contributed by atoms with Gasteiger partial charge in [-0.25, -0.2) is 4.79 Å². The number of hydrogen-bond acceptors (Lipinski definition) is 4. The van der Waals surface area contributed by atoms with Crippen LogP contribution in [0.1, 0.15) is 26.3 Å². The van der Waals surface area contributed by atoms with Crippen molar-refractivity contribution in [3.8, 4) is 0 Å². The second-order valence-electron chi connectivity index (χ2n) is 5.90. The molecule has 2 atom stereocenters. The summed E-state index contributed by atoms with van der Waals surface area (Å²) >= 11 is 0. The largest absolute Gasteiger partial charge is 0.462 e. The van der Waals surface area contributed by atoms with E-state index < -0.39 is 6.09 Å². The molecule has 0 unspecified atom stereocenters. The van der Waals surface area contributed by atoms with E-state index in [1.54, 1.807) is 0 Å². The van der Waals surface area contributed by atoms with Gasteiger partial charge < -0.3 is 14.8 Å². The maximum Gasteiger partial charge on any atom is 0.407 e. The number of rotatable bonds is 5. The van der Waals surface area contributed by atoms with E-state index in [9.17, 15) is 9.59 Å². The number of ether oxygens (including phenoxy) is 2. The van der Waals surface area contributed by atoms with Gasteiger partial charge in [0.1, 0.15) is 12.7 Å². The first-order valence-corrected chi connectivity index (χ1v) is 7.03. The van der Waals surface area contributed by atoms with Crippen LogP contribution in [0.15, 0.2) is 30.3 Å². The lowest BCUT2D eigenvalue weighted by Gasteiger charge is -2.07. The average Bonchev–Trinajstić information content (AvgIpc) is 2.94. The van der Waals surface area contributed by atoms with Gasteiger partial charge in [-0.3, -0.25) is 4.79 Å². The SMILES string of the molecule is CC(=O)O[C@H]1[C@@H](CNC(=O)OCc2ccccc2)C1(C)C. The first kappa shape index (κ1) is 15.4. The highest BCUT2D eigenvalue weighted by Gasteiger charge is 2.60. The number of esters is 1. The number of alkyl carbamates (subject to hydrolysis) is 1. The van der Waals surface area contributed by atoms with Crippen molar-refractivity contribution in [2.45, 2.75) is 33.5 Å². The average molecular weight is 291 g/mol. The van der Waals surface area contributed by atoms with Crippen molar-refractivity contribution in [2.75, 3.05) is 6.54 Å². The van der Waals surface area contributed by atoms with Crippen molar-refractivity contribution >= 4 is 12.1 Å². The quantitative estimate of drug-likeness (QED) is 0.847. The molecule has 0 aromatic heterocycles. The summed E-state index contributed by atoms with van der Waals surface area (Å²) in [6.07, 6.45) is -0.590. The summed E-state index contributed by atoms with van der Waals surface area (Å²) < 4.78 is 10.4. The second kappa shape index (κ2) is 6.16. The fourth-order valence-corrected chi connectivity index (χ4v) is 2.44. The van der Waals surface area contributed by atoms with Crippen LogP contribution in [0.5, 0.6) is 0 Å². The Kier molecular flexibility index (Phi) is 4.50. The first-order valence-electron chi connectivity index (χ1n) is 7.03. The topological polar surface area (TPSA) is 64.6 Å². The minimum absolute atomic E-state index is 0.0988. The van der Waals surface area contributed by atoms with E-state index in [2.05, 4.69) is 5.32 Å². The summed E-state index contributed by atoms with van der Waals surface area (Å²) in [5.41, 5.74) is 0.843. The van der Waals surface area contributed by atoms with Crippen LogP contribution in [0.4, 0.5) is 4.79 Å². The van der Waals surface area contributed by atoms with Crippen LogP contribution in [0.2, 0.25) is 0 Å². The molecule has 1 aromatic carbocycles. The first-order chi connectivity index (χ1) is 9.91. The molecule has 1 aliphatic carbocycles. The Hall–Kier alpha value is -2.04. The van der Waals surface area contributed by atoms with Gasteiger partial charge in [0.2, 0.25) is 0 Å². The third-order valence-corrected chi connectivity index (χ3v) is 3.92. The van der Waals surface area contributed by atoms with Gasteiger partial charge in [0, 0.05) is 24.8 Å². The van der Waals surface area contributed by atoms with Crippen LogP contribution in [-0.2, 0) is 20.9 Å². The van der Waals surface area contributed by atoms with E-state index in [0.29, 0.717) is 6.54 Å². The van der Waals surface area contributed by atoms with Crippen molar-refractivity contribution in [2.24, 2.45) is 11.3 Å². The number of nitrogens with one attached hydrogen (secondary N) is 1. The molecule has 0 radical (unpaired) electrons. The molecule has 0 aliphatic heterocycles. The van der Waals surface area contributed by atoms with Crippen LogP contribution < -0.4 is 5.32 Å². The smallest absolute Gasteiger partial charge is 0.407 e. The van der Waals surface area contributed by atoms with Crippen LogP contribution >= 0.6 is 0 Å². The monoisotopic (exact) mass is 291 g/mol. The van der Waals surface area contributed by atoms with Gasteiger partial charge in [-0.1, -0.05) is 44.2 Å². The predicted octanol–water partition coefficient (Wildman–Crippen LogP) is 2.50. The molecule has 0 bridgehead atoms. The van der Waals surface area contributed by atoms with E-state index in [1.165, 1.54) is 6.92 Å². The summed E-state index contributed by atoms with van der Waals surface area (Å²) in [5.74, 6) is -0.159. The highest BCUT2D eigenvalue weighted by molar-refractivity contribution is 5.68. The van der Waals surface area contributed by atoms with Crippen molar-refractivity contribution in [1.82, 2.24) is 5.32 Å². The molecule has 1 fully saturated rings. The molecule has 2 rings (SSSR count). The maximum absolute atomic E-state index is 11.6. The van der Waals surface area contributed by atoms with Gasteiger partial charge in [-0.05, 0) is 5.56 Å². The van der Waals surface area contributed by atoms with Crippen LogP contribution in [0.3, 0.4) is 0 Å². The molecule has 1 aromatic rings. The molecule has 5 nitrogen and oxygen atoms in total. The third kappa shape index (κ3) is 3.97. The van der Waals surface area contributed by atoms with Gasteiger partial charge >= 0.3 is 12.1 Å². The Morgan fingerprint density at radius 2 is 1.90 bits per heavy atom. The predicted molar refractivity (Wildman–Crippen MR) is 77.5 cm³/mol. The molecule has 114 valence electrons.